The van der Waals surface area contributed by atoms with Crippen LogP contribution >= 0.6 is 22.6 Å². The molecule has 0 amide bonds. The molecule has 0 N–H and O–H groups in total. The van der Waals surface area contributed by atoms with E-state index in [1.165, 1.54) is 49.7 Å². The van der Waals surface area contributed by atoms with Gasteiger partial charge in [0.25, 0.3) is 0 Å². The quantitative estimate of drug-likeness (QED) is 0.207. The molecule has 0 atom stereocenters. The van der Waals surface area contributed by atoms with Gasteiger partial charge in [0.05, 0.1) is 6.61 Å². The summed E-state index contributed by atoms with van der Waals surface area (Å²) in [6, 6.07) is 8.60. The van der Waals surface area contributed by atoms with E-state index in [1.54, 1.807) is 0 Å². The van der Waals surface area contributed by atoms with E-state index in [2.05, 4.69) is 65.6 Å². The third-order valence-electron chi connectivity index (χ3n) is 3.40. The summed E-state index contributed by atoms with van der Waals surface area (Å²) in [5, 5.41) is 0. The molecule has 0 fully saturated rings. The van der Waals surface area contributed by atoms with E-state index in [1.807, 2.05) is 0 Å². The highest BCUT2D eigenvalue weighted by molar-refractivity contribution is 14.1. The van der Waals surface area contributed by atoms with Crippen molar-refractivity contribution in [3.63, 3.8) is 0 Å². The molecule has 0 heterocycles. The largest absolute Gasteiger partial charge is 0.364 e. The first-order valence-corrected chi connectivity index (χ1v) is 9.56. The molecule has 0 bridgehead atoms. The van der Waals surface area contributed by atoms with E-state index in [9.17, 15) is 0 Å². The molecule has 0 aliphatic carbocycles. The lowest BCUT2D eigenvalue weighted by Crippen LogP contribution is -1.93. The lowest BCUT2D eigenvalue weighted by Gasteiger charge is -2.01. The number of hydrogen-bond acceptors (Lipinski definition) is 1. The molecule has 1 rings (SSSR count). The van der Waals surface area contributed by atoms with Crippen molar-refractivity contribution in [2.45, 2.75) is 62.9 Å². The van der Waals surface area contributed by atoms with Crippen LogP contribution in [-0.2, 0) is 15.8 Å². The molecule has 0 saturated carbocycles. The second-order valence-electron chi connectivity index (χ2n) is 5.31. The Morgan fingerprint density at radius 1 is 0.905 bits per heavy atom. The number of rotatable bonds is 10. The fourth-order valence-electron chi connectivity index (χ4n) is 2.08. The minimum Gasteiger partial charge on any atom is -0.364 e. The van der Waals surface area contributed by atoms with Gasteiger partial charge in [0, 0.05) is 10.8 Å². The molecule has 0 aromatic heterocycles. The van der Waals surface area contributed by atoms with E-state index < -0.39 is 0 Å². The van der Waals surface area contributed by atoms with Crippen molar-refractivity contribution in [3.05, 3.63) is 35.4 Å². The number of unbranched alkanes of at least 4 members (excludes halogenated alkanes) is 6. The molecule has 21 heavy (non-hydrogen) atoms. The molecule has 0 spiro atoms. The first-order chi connectivity index (χ1) is 10.4. The van der Waals surface area contributed by atoms with E-state index in [4.69, 9.17) is 4.74 Å². The molecule has 0 saturated heterocycles. The van der Waals surface area contributed by atoms with Crippen molar-refractivity contribution in [2.24, 2.45) is 0 Å². The normalized spacial score (nSPS) is 10.2. The van der Waals surface area contributed by atoms with Gasteiger partial charge in [-0.25, -0.2) is 0 Å². The number of halogens is 1. The molecule has 0 aliphatic rings. The molecular formula is C19H27IO. The molecule has 0 aliphatic heterocycles. The van der Waals surface area contributed by atoms with Gasteiger partial charge in [0.2, 0.25) is 0 Å². The zero-order chi connectivity index (χ0) is 15.2. The SMILES string of the molecule is CCCCCCCCC#CCOCc1ccc(CI)cc1. The van der Waals surface area contributed by atoms with Crippen molar-refractivity contribution in [1.29, 1.82) is 0 Å². The van der Waals surface area contributed by atoms with Gasteiger partial charge in [0.15, 0.2) is 0 Å². The Morgan fingerprint density at radius 3 is 2.29 bits per heavy atom. The maximum absolute atomic E-state index is 5.58. The maximum Gasteiger partial charge on any atom is 0.108 e. The minimum atomic E-state index is 0.546. The van der Waals surface area contributed by atoms with Gasteiger partial charge in [-0.05, 0) is 17.5 Å². The van der Waals surface area contributed by atoms with Crippen LogP contribution in [0.2, 0.25) is 0 Å². The lowest BCUT2D eigenvalue weighted by molar-refractivity contribution is 0.153. The first-order valence-electron chi connectivity index (χ1n) is 8.04. The van der Waals surface area contributed by atoms with Gasteiger partial charge in [-0.3, -0.25) is 0 Å². The fourth-order valence-corrected chi connectivity index (χ4v) is 2.59. The van der Waals surface area contributed by atoms with E-state index >= 15 is 0 Å². The first kappa shape index (κ1) is 18.5. The van der Waals surface area contributed by atoms with Crippen LogP contribution in [-0.4, -0.2) is 6.61 Å². The smallest absolute Gasteiger partial charge is 0.108 e. The topological polar surface area (TPSA) is 9.23 Å². The Bertz CT molecular complexity index is 413. The summed E-state index contributed by atoms with van der Waals surface area (Å²) in [7, 11) is 0. The molecule has 1 aromatic carbocycles. The Kier molecular flexibility index (Phi) is 11.6. The highest BCUT2D eigenvalue weighted by Gasteiger charge is 1.93. The summed E-state index contributed by atoms with van der Waals surface area (Å²) in [5.41, 5.74) is 2.58. The average Bonchev–Trinajstić information content (AvgIpc) is 2.53. The zero-order valence-corrected chi connectivity index (χ0v) is 15.3. The third kappa shape index (κ3) is 9.92. The Hall–Kier alpha value is -0.530. The number of ether oxygens (including phenoxy) is 1. The Labute approximate surface area is 144 Å². The molecular weight excluding hydrogens is 371 g/mol. The Morgan fingerprint density at radius 2 is 1.57 bits per heavy atom. The van der Waals surface area contributed by atoms with E-state index in [0.29, 0.717) is 13.2 Å². The molecule has 2 heteroatoms. The zero-order valence-electron chi connectivity index (χ0n) is 13.2. The Balaban J connectivity index is 1.99. The average molecular weight is 398 g/mol. The number of hydrogen-bond donors (Lipinski definition) is 0. The minimum absolute atomic E-state index is 0.546. The van der Waals surface area contributed by atoms with Crippen LogP contribution in [0.15, 0.2) is 24.3 Å². The predicted octanol–water partition coefficient (Wildman–Crippen LogP) is 5.89. The summed E-state index contributed by atoms with van der Waals surface area (Å²) >= 11 is 2.38. The van der Waals surface area contributed by atoms with Gasteiger partial charge in [-0.1, -0.05) is 91.8 Å². The van der Waals surface area contributed by atoms with Gasteiger partial charge < -0.3 is 4.74 Å². The molecule has 116 valence electrons. The molecule has 1 nitrogen and oxygen atoms in total. The second kappa shape index (κ2) is 13.2. The highest BCUT2D eigenvalue weighted by Crippen LogP contribution is 2.09. The fraction of sp³-hybridized carbons (Fsp3) is 0.579. The predicted molar refractivity (Wildman–Crippen MR) is 99.6 cm³/mol. The summed E-state index contributed by atoms with van der Waals surface area (Å²) in [6.07, 6.45) is 8.99. The second-order valence-corrected chi connectivity index (χ2v) is 6.08. The lowest BCUT2D eigenvalue weighted by atomic mass is 10.1. The van der Waals surface area contributed by atoms with Crippen molar-refractivity contribution in [3.8, 4) is 11.8 Å². The monoisotopic (exact) mass is 398 g/mol. The van der Waals surface area contributed by atoms with Crippen LogP contribution in [0.25, 0.3) is 0 Å². The summed E-state index contributed by atoms with van der Waals surface area (Å²) in [5.74, 6) is 6.31. The molecule has 1 aromatic rings. The standard InChI is InChI=1S/C19H27IO/c1-2-3-4-5-6-7-8-9-10-15-21-17-19-13-11-18(16-20)12-14-19/h11-14H,2-8,15-17H2,1H3. The molecule has 0 radical (unpaired) electrons. The van der Waals surface area contributed by atoms with Crippen LogP contribution in [0.4, 0.5) is 0 Å². The van der Waals surface area contributed by atoms with Crippen molar-refractivity contribution >= 4 is 22.6 Å². The summed E-state index contributed by atoms with van der Waals surface area (Å²) < 4.78 is 6.64. The van der Waals surface area contributed by atoms with Crippen LogP contribution in [0.1, 0.15) is 63.0 Å². The van der Waals surface area contributed by atoms with Crippen LogP contribution in [0, 0.1) is 11.8 Å². The maximum atomic E-state index is 5.58. The van der Waals surface area contributed by atoms with Crippen molar-refractivity contribution < 1.29 is 4.74 Å². The number of benzene rings is 1. The van der Waals surface area contributed by atoms with Crippen LogP contribution in [0.3, 0.4) is 0 Å². The summed E-state index contributed by atoms with van der Waals surface area (Å²) in [4.78, 5) is 0. The highest BCUT2D eigenvalue weighted by atomic mass is 127. The van der Waals surface area contributed by atoms with E-state index in [0.717, 1.165) is 10.8 Å². The van der Waals surface area contributed by atoms with Gasteiger partial charge >= 0.3 is 0 Å². The van der Waals surface area contributed by atoms with Crippen LogP contribution in [0.5, 0.6) is 0 Å². The van der Waals surface area contributed by atoms with Gasteiger partial charge in [0.1, 0.15) is 6.61 Å². The van der Waals surface area contributed by atoms with Crippen LogP contribution < -0.4 is 0 Å². The van der Waals surface area contributed by atoms with Gasteiger partial charge in [-0.15, -0.1) is 5.92 Å². The van der Waals surface area contributed by atoms with Crippen molar-refractivity contribution in [1.82, 2.24) is 0 Å². The van der Waals surface area contributed by atoms with Crippen molar-refractivity contribution in [2.75, 3.05) is 6.61 Å². The number of alkyl halides is 1. The molecule has 0 unspecified atom stereocenters. The third-order valence-corrected chi connectivity index (χ3v) is 4.28. The summed E-state index contributed by atoms with van der Waals surface area (Å²) in [6.45, 7) is 3.46. The van der Waals surface area contributed by atoms with E-state index in [-0.39, 0.29) is 0 Å². The van der Waals surface area contributed by atoms with Gasteiger partial charge in [-0.2, -0.15) is 0 Å².